The van der Waals surface area contributed by atoms with Crippen molar-refractivity contribution < 1.29 is 0 Å². The molecule has 1 aliphatic heterocycles. The Morgan fingerprint density at radius 1 is 1.18 bits per heavy atom. The summed E-state index contributed by atoms with van der Waals surface area (Å²) in [5.74, 6) is 0. The van der Waals surface area contributed by atoms with Crippen LogP contribution in [0.1, 0.15) is 56.6 Å². The third-order valence-corrected chi connectivity index (χ3v) is 7.00. The first-order valence-corrected chi connectivity index (χ1v) is 11.7. The Balaban J connectivity index is 1.71. The lowest BCUT2D eigenvalue weighted by Gasteiger charge is -2.49. The molecule has 4 rings (SSSR count). The summed E-state index contributed by atoms with van der Waals surface area (Å²) in [6.45, 7) is 8.15. The van der Waals surface area contributed by atoms with E-state index in [4.69, 9.17) is 15.5 Å². The number of hydrogen-bond donors (Lipinski definition) is 0. The van der Waals surface area contributed by atoms with Gasteiger partial charge in [-0.1, -0.05) is 19.9 Å². The Labute approximate surface area is 199 Å². The van der Waals surface area contributed by atoms with Crippen molar-refractivity contribution in [2.45, 2.75) is 58.2 Å². The maximum Gasteiger partial charge on any atom is 0.267 e. The van der Waals surface area contributed by atoms with E-state index >= 15 is 0 Å². The van der Waals surface area contributed by atoms with E-state index in [2.05, 4.69) is 47.7 Å². The molecule has 0 radical (unpaired) electrons. The van der Waals surface area contributed by atoms with E-state index in [1.807, 2.05) is 6.07 Å². The number of nitriles is 2. The monoisotopic (exact) mass is 458 g/mol. The zero-order chi connectivity index (χ0) is 24.4. The summed E-state index contributed by atoms with van der Waals surface area (Å²) in [5.41, 5.74) is 3.59. The smallest absolute Gasteiger partial charge is 0.267 e. The van der Waals surface area contributed by atoms with Crippen molar-refractivity contribution in [2.75, 3.05) is 18.0 Å². The van der Waals surface area contributed by atoms with Gasteiger partial charge in [-0.3, -0.25) is 9.69 Å². The van der Waals surface area contributed by atoms with Gasteiger partial charge >= 0.3 is 0 Å². The molecule has 0 amide bonds. The molecule has 4 heterocycles. The first kappa shape index (κ1) is 23.5. The molecule has 9 heteroatoms. The molecule has 9 nitrogen and oxygen atoms in total. The van der Waals surface area contributed by atoms with Gasteiger partial charge in [0, 0.05) is 50.5 Å². The van der Waals surface area contributed by atoms with E-state index in [1.165, 1.54) is 4.68 Å². The molecule has 1 saturated heterocycles. The molecule has 1 fully saturated rings. The van der Waals surface area contributed by atoms with E-state index < -0.39 is 0 Å². The van der Waals surface area contributed by atoms with Crippen LogP contribution in [-0.4, -0.2) is 49.2 Å². The van der Waals surface area contributed by atoms with E-state index in [9.17, 15) is 4.79 Å². The first-order valence-electron chi connectivity index (χ1n) is 11.7. The highest BCUT2D eigenvalue weighted by Gasteiger charge is 2.36. The van der Waals surface area contributed by atoms with Crippen LogP contribution in [-0.2, 0) is 13.5 Å². The van der Waals surface area contributed by atoms with E-state index in [0.717, 1.165) is 37.2 Å². The lowest BCUT2D eigenvalue weighted by Crippen LogP contribution is -2.59. The summed E-state index contributed by atoms with van der Waals surface area (Å²) in [5, 5.41) is 18.2. The largest absolute Gasteiger partial charge is 0.362 e. The van der Waals surface area contributed by atoms with Gasteiger partial charge in [0.1, 0.15) is 11.8 Å². The molecule has 0 aromatic carbocycles. The molecule has 3 aromatic rings. The molecule has 0 aliphatic carbocycles. The van der Waals surface area contributed by atoms with Gasteiger partial charge < -0.3 is 4.90 Å². The van der Waals surface area contributed by atoms with Crippen LogP contribution in [0.4, 0.5) is 5.69 Å². The number of piperazine rings is 1. The van der Waals surface area contributed by atoms with Crippen LogP contribution in [0.15, 0.2) is 35.4 Å². The third kappa shape index (κ3) is 4.15. The molecule has 34 heavy (non-hydrogen) atoms. The number of aryl methyl sites for hydroxylation is 1. The number of imidazole rings is 1. The number of nitrogens with zero attached hydrogens (tertiary/aromatic N) is 8. The lowest BCUT2D eigenvalue weighted by molar-refractivity contribution is 0.101. The van der Waals surface area contributed by atoms with Crippen LogP contribution in [0, 0.1) is 22.7 Å². The number of fused-ring (bicyclic) bond motifs is 1. The van der Waals surface area contributed by atoms with Gasteiger partial charge in [-0.15, -0.1) is 0 Å². The summed E-state index contributed by atoms with van der Waals surface area (Å²) >= 11 is 0. The molecule has 0 bridgehead atoms. The van der Waals surface area contributed by atoms with Crippen molar-refractivity contribution in [3.05, 3.63) is 57.9 Å². The zero-order valence-electron chi connectivity index (χ0n) is 20.1. The average Bonchev–Trinajstić information content (AvgIpc) is 3.29. The maximum atomic E-state index is 12.8. The van der Waals surface area contributed by atoms with Crippen LogP contribution in [0.3, 0.4) is 0 Å². The Bertz CT molecular complexity index is 1310. The zero-order valence-corrected chi connectivity index (χ0v) is 20.1. The standard InChI is InChI=1S/C25H30N8O/c1-5-21-16-32(23-11-24(34)30(4)33-14-20(9-10-26)29-25(23)33)22(6-2)15-31(21)17(3)18-7-8-19(12-27)28-13-18/h7-8,11,13-14,17,21-22H,5-6,9,15-16H2,1-4H3/t17?,21-,22+/m1/s1. The second kappa shape index (κ2) is 9.66. The summed E-state index contributed by atoms with van der Waals surface area (Å²) < 4.78 is 3.29. The van der Waals surface area contributed by atoms with Gasteiger partial charge in [0.15, 0.2) is 5.65 Å². The minimum Gasteiger partial charge on any atom is -0.362 e. The fraction of sp³-hybridized carbons (Fsp3) is 0.480. The quantitative estimate of drug-likeness (QED) is 0.559. The van der Waals surface area contributed by atoms with Crippen LogP contribution in [0.25, 0.3) is 5.65 Å². The molecule has 0 saturated carbocycles. The predicted octanol–water partition coefficient (Wildman–Crippen LogP) is 2.81. The number of rotatable bonds is 6. The maximum absolute atomic E-state index is 12.8. The van der Waals surface area contributed by atoms with Crippen molar-refractivity contribution in [1.29, 1.82) is 10.5 Å². The highest BCUT2D eigenvalue weighted by Crippen LogP contribution is 2.33. The lowest BCUT2D eigenvalue weighted by atomic mass is 9.97. The number of aromatic nitrogens is 4. The molecular formula is C25H30N8O. The summed E-state index contributed by atoms with van der Waals surface area (Å²) in [7, 11) is 1.72. The minimum atomic E-state index is -0.106. The summed E-state index contributed by atoms with van der Waals surface area (Å²) in [6, 6.07) is 10.3. The highest BCUT2D eigenvalue weighted by atomic mass is 16.1. The second-order valence-corrected chi connectivity index (χ2v) is 8.86. The number of anilines is 1. The van der Waals surface area contributed by atoms with Crippen LogP contribution in [0.5, 0.6) is 0 Å². The highest BCUT2D eigenvalue weighted by molar-refractivity contribution is 5.69. The Hall–Kier alpha value is -3.69. The van der Waals surface area contributed by atoms with Crippen LogP contribution in [0.2, 0.25) is 0 Å². The summed E-state index contributed by atoms with van der Waals surface area (Å²) in [4.78, 5) is 26.6. The van der Waals surface area contributed by atoms with Gasteiger partial charge in [0.05, 0.1) is 30.1 Å². The van der Waals surface area contributed by atoms with Crippen molar-refractivity contribution in [1.82, 2.24) is 24.1 Å². The van der Waals surface area contributed by atoms with Crippen molar-refractivity contribution in [2.24, 2.45) is 7.05 Å². The number of pyridine rings is 1. The Morgan fingerprint density at radius 3 is 2.56 bits per heavy atom. The Morgan fingerprint density at radius 2 is 1.94 bits per heavy atom. The van der Waals surface area contributed by atoms with E-state index in [0.29, 0.717) is 17.0 Å². The predicted molar refractivity (Wildman–Crippen MR) is 129 cm³/mol. The average molecular weight is 459 g/mol. The molecule has 1 aliphatic rings. The molecule has 3 atom stereocenters. The molecule has 1 unspecified atom stereocenters. The van der Waals surface area contributed by atoms with Gasteiger partial charge in [-0.2, -0.15) is 10.5 Å². The van der Waals surface area contributed by atoms with Crippen LogP contribution >= 0.6 is 0 Å². The molecule has 0 N–H and O–H groups in total. The van der Waals surface area contributed by atoms with Gasteiger partial charge in [-0.05, 0) is 31.4 Å². The topological polar surface area (TPSA) is 106 Å². The van der Waals surface area contributed by atoms with Crippen molar-refractivity contribution in [3.63, 3.8) is 0 Å². The van der Waals surface area contributed by atoms with E-state index in [-0.39, 0.29) is 30.1 Å². The Kier molecular flexibility index (Phi) is 6.67. The minimum absolute atomic E-state index is 0.106. The van der Waals surface area contributed by atoms with Gasteiger partial charge in [-0.25, -0.2) is 19.2 Å². The normalized spacial score (nSPS) is 19.6. The molecule has 176 valence electrons. The second-order valence-electron chi connectivity index (χ2n) is 8.86. The summed E-state index contributed by atoms with van der Waals surface area (Å²) in [6.07, 6.45) is 5.65. The van der Waals surface area contributed by atoms with Crippen molar-refractivity contribution in [3.8, 4) is 12.1 Å². The number of hydrogen-bond acceptors (Lipinski definition) is 7. The molecule has 3 aromatic heterocycles. The van der Waals surface area contributed by atoms with Crippen LogP contribution < -0.4 is 10.5 Å². The van der Waals surface area contributed by atoms with E-state index in [1.54, 1.807) is 36.1 Å². The molecular weight excluding hydrogens is 428 g/mol. The molecule has 0 spiro atoms. The van der Waals surface area contributed by atoms with Gasteiger partial charge in [0.2, 0.25) is 0 Å². The SMILES string of the molecule is CC[C@H]1CN(C(C)c2ccc(C#N)nc2)[C@H](CC)CN1c1cc(=O)n(C)n2cc(CC#N)nc12. The third-order valence-electron chi connectivity index (χ3n) is 7.00. The fourth-order valence-electron chi connectivity index (χ4n) is 4.94. The fourth-order valence-corrected chi connectivity index (χ4v) is 4.94. The van der Waals surface area contributed by atoms with Crippen molar-refractivity contribution >= 4 is 11.3 Å². The van der Waals surface area contributed by atoms with Gasteiger partial charge in [0.25, 0.3) is 5.56 Å². The first-order chi connectivity index (χ1) is 16.4.